The van der Waals surface area contributed by atoms with Crippen LogP contribution in [0, 0.1) is 5.82 Å². The third kappa shape index (κ3) is 3.51. The summed E-state index contributed by atoms with van der Waals surface area (Å²) in [6.07, 6.45) is 1.77. The second-order valence-electron chi connectivity index (χ2n) is 4.44. The molecule has 0 unspecified atom stereocenters. The average molecular weight is 259 g/mol. The van der Waals surface area contributed by atoms with E-state index in [2.05, 4.69) is 9.88 Å². The topological polar surface area (TPSA) is 42.2 Å². The number of hydrogen-bond donors (Lipinski definition) is 1. The number of anilines is 1. The molecule has 100 valence electrons. The van der Waals surface area contributed by atoms with E-state index in [1.807, 2.05) is 25.1 Å². The van der Waals surface area contributed by atoms with Crippen molar-refractivity contribution in [3.05, 3.63) is 59.7 Å². The van der Waals surface area contributed by atoms with E-state index in [-0.39, 0.29) is 11.5 Å². The first-order chi connectivity index (χ1) is 9.20. The number of hydrogen-bond acceptors (Lipinski definition) is 3. The van der Waals surface area contributed by atoms with Crippen molar-refractivity contribution in [1.82, 2.24) is 9.88 Å². The van der Waals surface area contributed by atoms with E-state index in [0.717, 1.165) is 12.2 Å². The summed E-state index contributed by atoms with van der Waals surface area (Å²) in [6, 6.07) is 10.9. The molecular weight excluding hydrogens is 241 g/mol. The van der Waals surface area contributed by atoms with Crippen molar-refractivity contribution in [2.75, 3.05) is 12.3 Å². The molecule has 2 rings (SSSR count). The quantitative estimate of drug-likeness (QED) is 0.840. The summed E-state index contributed by atoms with van der Waals surface area (Å²) >= 11 is 0. The number of nitrogens with two attached hydrogens (primary N) is 1. The predicted molar refractivity (Wildman–Crippen MR) is 74.8 cm³/mol. The van der Waals surface area contributed by atoms with Crippen molar-refractivity contribution in [2.45, 2.75) is 20.0 Å². The van der Waals surface area contributed by atoms with Crippen LogP contribution in [-0.4, -0.2) is 16.4 Å². The van der Waals surface area contributed by atoms with Crippen LogP contribution in [0.25, 0.3) is 0 Å². The lowest BCUT2D eigenvalue weighted by Crippen LogP contribution is -2.23. The van der Waals surface area contributed by atoms with Gasteiger partial charge in [-0.1, -0.05) is 25.1 Å². The van der Waals surface area contributed by atoms with Crippen molar-refractivity contribution in [3.8, 4) is 0 Å². The van der Waals surface area contributed by atoms with Gasteiger partial charge in [-0.25, -0.2) is 4.39 Å². The fraction of sp³-hybridized carbons (Fsp3) is 0.267. The molecule has 0 aliphatic carbocycles. The molecule has 1 aromatic heterocycles. The van der Waals surface area contributed by atoms with Crippen LogP contribution in [-0.2, 0) is 13.1 Å². The summed E-state index contributed by atoms with van der Waals surface area (Å²) in [6.45, 7) is 4.10. The number of nitrogens with zero attached hydrogens (tertiary/aromatic N) is 2. The number of rotatable bonds is 5. The van der Waals surface area contributed by atoms with Crippen LogP contribution in [0.3, 0.4) is 0 Å². The Kier molecular flexibility index (Phi) is 4.47. The van der Waals surface area contributed by atoms with Gasteiger partial charge in [0.05, 0.1) is 11.4 Å². The van der Waals surface area contributed by atoms with Crippen molar-refractivity contribution in [1.29, 1.82) is 0 Å². The van der Waals surface area contributed by atoms with E-state index in [1.165, 1.54) is 0 Å². The van der Waals surface area contributed by atoms with E-state index < -0.39 is 0 Å². The second-order valence-corrected chi connectivity index (χ2v) is 4.44. The Labute approximate surface area is 112 Å². The third-order valence-electron chi connectivity index (χ3n) is 3.06. The van der Waals surface area contributed by atoms with Crippen LogP contribution in [0.2, 0.25) is 0 Å². The highest BCUT2D eigenvalue weighted by molar-refractivity contribution is 5.42. The first-order valence-electron chi connectivity index (χ1n) is 6.36. The minimum absolute atomic E-state index is 0.200. The van der Waals surface area contributed by atoms with Gasteiger partial charge in [-0.05, 0) is 24.7 Å². The Morgan fingerprint density at radius 2 is 2.00 bits per heavy atom. The van der Waals surface area contributed by atoms with Crippen molar-refractivity contribution < 1.29 is 4.39 Å². The molecule has 2 aromatic rings. The van der Waals surface area contributed by atoms with Gasteiger partial charge in [0.15, 0.2) is 5.82 Å². The zero-order valence-electron chi connectivity index (χ0n) is 11.0. The van der Waals surface area contributed by atoms with Crippen LogP contribution in [0.4, 0.5) is 10.1 Å². The molecule has 1 heterocycles. The lowest BCUT2D eigenvalue weighted by Gasteiger charge is -2.20. The van der Waals surface area contributed by atoms with Gasteiger partial charge in [-0.3, -0.25) is 9.88 Å². The number of halogens is 1. The Morgan fingerprint density at radius 3 is 2.68 bits per heavy atom. The van der Waals surface area contributed by atoms with Gasteiger partial charge in [0.2, 0.25) is 0 Å². The SMILES string of the molecule is CCN(Cc1ccccn1)Cc1cccc(N)c1F. The molecule has 0 saturated carbocycles. The molecule has 0 radical (unpaired) electrons. The summed E-state index contributed by atoms with van der Waals surface area (Å²) in [4.78, 5) is 6.41. The normalized spacial score (nSPS) is 10.9. The van der Waals surface area contributed by atoms with E-state index >= 15 is 0 Å². The fourth-order valence-corrected chi connectivity index (χ4v) is 1.96. The van der Waals surface area contributed by atoms with E-state index in [9.17, 15) is 4.39 Å². The molecule has 2 N–H and O–H groups in total. The van der Waals surface area contributed by atoms with Crippen molar-refractivity contribution >= 4 is 5.69 Å². The summed E-state index contributed by atoms with van der Waals surface area (Å²) in [5.41, 5.74) is 7.39. The number of benzene rings is 1. The minimum atomic E-state index is -0.318. The molecule has 0 saturated heterocycles. The smallest absolute Gasteiger partial charge is 0.150 e. The summed E-state index contributed by atoms with van der Waals surface area (Å²) in [5.74, 6) is -0.318. The van der Waals surface area contributed by atoms with Crippen molar-refractivity contribution in [3.63, 3.8) is 0 Å². The van der Waals surface area contributed by atoms with Crippen molar-refractivity contribution in [2.24, 2.45) is 0 Å². The fourth-order valence-electron chi connectivity index (χ4n) is 1.96. The Morgan fingerprint density at radius 1 is 1.16 bits per heavy atom. The zero-order valence-corrected chi connectivity index (χ0v) is 11.0. The third-order valence-corrected chi connectivity index (χ3v) is 3.06. The Balaban J connectivity index is 2.09. The maximum Gasteiger partial charge on any atom is 0.150 e. The average Bonchev–Trinajstić information content (AvgIpc) is 2.44. The van der Waals surface area contributed by atoms with Gasteiger partial charge in [-0.2, -0.15) is 0 Å². The van der Waals surface area contributed by atoms with Crippen LogP contribution in [0.5, 0.6) is 0 Å². The van der Waals surface area contributed by atoms with Gasteiger partial charge in [-0.15, -0.1) is 0 Å². The molecule has 0 aliphatic rings. The van der Waals surface area contributed by atoms with Gasteiger partial charge in [0, 0.05) is 24.8 Å². The Bertz CT molecular complexity index is 528. The molecular formula is C15H18FN3. The maximum absolute atomic E-state index is 13.9. The van der Waals surface area contributed by atoms with Crippen LogP contribution >= 0.6 is 0 Å². The molecule has 0 fully saturated rings. The van der Waals surface area contributed by atoms with Crippen LogP contribution in [0.15, 0.2) is 42.6 Å². The van der Waals surface area contributed by atoms with Gasteiger partial charge < -0.3 is 5.73 Å². The van der Waals surface area contributed by atoms with Gasteiger partial charge in [0.1, 0.15) is 0 Å². The molecule has 0 aliphatic heterocycles. The molecule has 0 spiro atoms. The molecule has 4 heteroatoms. The number of pyridine rings is 1. The van der Waals surface area contributed by atoms with Crippen LogP contribution < -0.4 is 5.73 Å². The highest BCUT2D eigenvalue weighted by Gasteiger charge is 2.10. The highest BCUT2D eigenvalue weighted by atomic mass is 19.1. The first kappa shape index (κ1) is 13.5. The van der Waals surface area contributed by atoms with Gasteiger partial charge >= 0.3 is 0 Å². The minimum Gasteiger partial charge on any atom is -0.396 e. The summed E-state index contributed by atoms with van der Waals surface area (Å²) < 4.78 is 13.9. The maximum atomic E-state index is 13.9. The lowest BCUT2D eigenvalue weighted by atomic mass is 10.1. The van der Waals surface area contributed by atoms with Crippen LogP contribution in [0.1, 0.15) is 18.2 Å². The Hall–Kier alpha value is -1.94. The molecule has 0 bridgehead atoms. The van der Waals surface area contributed by atoms with Gasteiger partial charge in [0.25, 0.3) is 0 Å². The van der Waals surface area contributed by atoms with E-state index in [1.54, 1.807) is 24.4 Å². The largest absolute Gasteiger partial charge is 0.396 e. The monoisotopic (exact) mass is 259 g/mol. The van der Waals surface area contributed by atoms with E-state index in [4.69, 9.17) is 5.73 Å². The molecule has 1 aromatic carbocycles. The molecule has 3 nitrogen and oxygen atoms in total. The molecule has 0 atom stereocenters. The number of aromatic nitrogens is 1. The summed E-state index contributed by atoms with van der Waals surface area (Å²) in [5, 5.41) is 0. The molecule has 0 amide bonds. The lowest BCUT2D eigenvalue weighted by molar-refractivity contribution is 0.264. The summed E-state index contributed by atoms with van der Waals surface area (Å²) in [7, 11) is 0. The zero-order chi connectivity index (χ0) is 13.7. The second kappa shape index (κ2) is 6.29. The molecule has 19 heavy (non-hydrogen) atoms. The first-order valence-corrected chi connectivity index (χ1v) is 6.36. The highest BCUT2D eigenvalue weighted by Crippen LogP contribution is 2.17. The standard InChI is InChI=1S/C15H18FN3/c1-2-19(11-13-7-3-4-9-18-13)10-12-6-5-8-14(17)15(12)16/h3-9H,2,10-11,17H2,1H3. The number of nitrogen functional groups attached to an aromatic ring is 1. The van der Waals surface area contributed by atoms with E-state index in [0.29, 0.717) is 18.7 Å². The predicted octanol–water partition coefficient (Wildman–Crippen LogP) is 2.83.